The molecule has 0 unspecified atom stereocenters. The standard InChI is InChI=1S/C12H11IN2O3S/c1-6-10(13)11(16)15(5-14-6)4-8-3-9(12(17)18)19-7(8)2/h3,5H,4H2,1-2H3,(H,17,18). The number of rotatable bonds is 3. The molecule has 0 aliphatic rings. The molecule has 19 heavy (non-hydrogen) atoms. The van der Waals surface area contributed by atoms with Crippen LogP contribution in [-0.2, 0) is 6.54 Å². The van der Waals surface area contributed by atoms with Gasteiger partial charge in [0.05, 0.1) is 22.1 Å². The van der Waals surface area contributed by atoms with E-state index in [1.54, 1.807) is 13.0 Å². The van der Waals surface area contributed by atoms with Crippen LogP contribution in [0, 0.1) is 17.4 Å². The van der Waals surface area contributed by atoms with Gasteiger partial charge in [0.2, 0.25) is 0 Å². The van der Waals surface area contributed by atoms with E-state index in [2.05, 4.69) is 4.98 Å². The molecule has 2 aromatic rings. The van der Waals surface area contributed by atoms with E-state index < -0.39 is 5.97 Å². The van der Waals surface area contributed by atoms with Crippen molar-refractivity contribution < 1.29 is 9.90 Å². The molecule has 5 nitrogen and oxygen atoms in total. The molecule has 0 saturated heterocycles. The summed E-state index contributed by atoms with van der Waals surface area (Å²) in [5, 5.41) is 8.95. The highest BCUT2D eigenvalue weighted by Gasteiger charge is 2.13. The van der Waals surface area contributed by atoms with E-state index >= 15 is 0 Å². The Bertz CT molecular complexity index is 705. The van der Waals surface area contributed by atoms with E-state index in [0.29, 0.717) is 15.8 Å². The van der Waals surface area contributed by atoms with E-state index in [-0.39, 0.29) is 10.4 Å². The molecule has 0 radical (unpaired) electrons. The van der Waals surface area contributed by atoms with Crippen molar-refractivity contribution in [2.75, 3.05) is 0 Å². The van der Waals surface area contributed by atoms with Crippen LogP contribution in [0.1, 0.15) is 25.8 Å². The second-order valence-electron chi connectivity index (χ2n) is 4.07. The largest absolute Gasteiger partial charge is 0.477 e. The number of aromatic carboxylic acids is 1. The number of carboxylic acid groups (broad SMARTS) is 1. The average molecular weight is 390 g/mol. The summed E-state index contributed by atoms with van der Waals surface area (Å²) in [5.41, 5.74) is 1.44. The van der Waals surface area contributed by atoms with Crippen molar-refractivity contribution in [2.45, 2.75) is 20.4 Å². The zero-order chi connectivity index (χ0) is 14.2. The van der Waals surface area contributed by atoms with Gasteiger partial charge in [-0.3, -0.25) is 9.36 Å². The van der Waals surface area contributed by atoms with Gasteiger partial charge in [0.15, 0.2) is 0 Å². The van der Waals surface area contributed by atoms with Gasteiger partial charge < -0.3 is 5.11 Å². The van der Waals surface area contributed by atoms with Crippen LogP contribution in [0.5, 0.6) is 0 Å². The van der Waals surface area contributed by atoms with Crippen molar-refractivity contribution in [3.63, 3.8) is 0 Å². The number of hydrogen-bond acceptors (Lipinski definition) is 4. The number of nitrogens with zero attached hydrogens (tertiary/aromatic N) is 2. The number of aryl methyl sites for hydroxylation is 2. The molecular weight excluding hydrogens is 379 g/mol. The molecule has 0 amide bonds. The Hall–Kier alpha value is -1.22. The fraction of sp³-hybridized carbons (Fsp3) is 0.250. The van der Waals surface area contributed by atoms with E-state index in [1.807, 2.05) is 29.5 Å². The minimum atomic E-state index is -0.941. The zero-order valence-corrected chi connectivity index (χ0v) is 13.3. The molecule has 0 aliphatic carbocycles. The van der Waals surface area contributed by atoms with Crippen molar-refractivity contribution in [1.82, 2.24) is 9.55 Å². The maximum Gasteiger partial charge on any atom is 0.345 e. The fourth-order valence-electron chi connectivity index (χ4n) is 1.62. The molecule has 0 saturated carbocycles. The number of carbonyl (C=O) groups is 1. The van der Waals surface area contributed by atoms with Gasteiger partial charge in [-0.25, -0.2) is 9.78 Å². The lowest BCUT2D eigenvalue weighted by Gasteiger charge is -2.06. The van der Waals surface area contributed by atoms with Crippen LogP contribution < -0.4 is 5.56 Å². The molecule has 0 spiro atoms. The summed E-state index contributed by atoms with van der Waals surface area (Å²) in [6.07, 6.45) is 1.50. The fourth-order valence-corrected chi connectivity index (χ4v) is 2.95. The van der Waals surface area contributed by atoms with Crippen LogP contribution in [-0.4, -0.2) is 20.6 Å². The Morgan fingerprint density at radius 1 is 1.53 bits per heavy atom. The van der Waals surface area contributed by atoms with Crippen molar-refractivity contribution in [3.05, 3.63) is 47.3 Å². The Balaban J connectivity index is 2.39. The van der Waals surface area contributed by atoms with Gasteiger partial charge in [-0.1, -0.05) is 0 Å². The first-order valence-corrected chi connectivity index (χ1v) is 7.34. The predicted molar refractivity (Wildman–Crippen MR) is 81.1 cm³/mol. The highest BCUT2D eigenvalue weighted by atomic mass is 127. The monoisotopic (exact) mass is 390 g/mol. The summed E-state index contributed by atoms with van der Waals surface area (Å²) in [6, 6.07) is 1.61. The molecule has 0 aliphatic heterocycles. The number of thiophene rings is 1. The first-order chi connectivity index (χ1) is 8.90. The molecule has 2 rings (SSSR count). The minimum Gasteiger partial charge on any atom is -0.477 e. The third-order valence-corrected chi connectivity index (χ3v) is 5.05. The second-order valence-corrected chi connectivity index (χ2v) is 6.41. The van der Waals surface area contributed by atoms with E-state index in [0.717, 1.165) is 10.4 Å². The first-order valence-electron chi connectivity index (χ1n) is 5.44. The highest BCUT2D eigenvalue weighted by molar-refractivity contribution is 14.1. The Kier molecular flexibility index (Phi) is 4.04. The van der Waals surface area contributed by atoms with Crippen LogP contribution in [0.3, 0.4) is 0 Å². The van der Waals surface area contributed by atoms with Gasteiger partial charge in [0.1, 0.15) is 4.88 Å². The van der Waals surface area contributed by atoms with E-state index in [4.69, 9.17) is 5.11 Å². The molecule has 2 heterocycles. The molecule has 0 fully saturated rings. The molecule has 2 aromatic heterocycles. The maximum absolute atomic E-state index is 12.0. The third kappa shape index (κ3) is 2.86. The summed E-state index contributed by atoms with van der Waals surface area (Å²) in [6.45, 7) is 3.98. The lowest BCUT2D eigenvalue weighted by Crippen LogP contribution is -2.24. The highest BCUT2D eigenvalue weighted by Crippen LogP contribution is 2.22. The number of hydrogen-bond donors (Lipinski definition) is 1. The Morgan fingerprint density at radius 2 is 2.21 bits per heavy atom. The lowest BCUT2D eigenvalue weighted by molar-refractivity contribution is 0.0702. The molecule has 100 valence electrons. The van der Waals surface area contributed by atoms with Crippen LogP contribution in [0.4, 0.5) is 0 Å². The molecule has 1 N–H and O–H groups in total. The Morgan fingerprint density at radius 3 is 2.79 bits per heavy atom. The zero-order valence-electron chi connectivity index (χ0n) is 10.3. The van der Waals surface area contributed by atoms with E-state index in [1.165, 1.54) is 22.2 Å². The van der Waals surface area contributed by atoms with Crippen molar-refractivity contribution in [1.29, 1.82) is 0 Å². The van der Waals surface area contributed by atoms with Crippen molar-refractivity contribution >= 4 is 39.9 Å². The summed E-state index contributed by atoms with van der Waals surface area (Å²) in [4.78, 5) is 28.3. The van der Waals surface area contributed by atoms with Gasteiger partial charge in [-0.2, -0.15) is 0 Å². The van der Waals surface area contributed by atoms with Crippen molar-refractivity contribution in [3.8, 4) is 0 Å². The molecule has 0 atom stereocenters. The molecule has 0 bridgehead atoms. The van der Waals surface area contributed by atoms with Crippen molar-refractivity contribution in [2.24, 2.45) is 0 Å². The van der Waals surface area contributed by atoms with Gasteiger partial charge >= 0.3 is 5.97 Å². The van der Waals surface area contributed by atoms with Crippen LogP contribution in [0.15, 0.2) is 17.2 Å². The average Bonchev–Trinajstić information content (AvgIpc) is 2.72. The predicted octanol–water partition coefficient (Wildman–Crippen LogP) is 2.27. The van der Waals surface area contributed by atoms with Crippen LogP contribution >= 0.6 is 33.9 Å². The summed E-state index contributed by atoms with van der Waals surface area (Å²) < 4.78 is 2.08. The third-order valence-electron chi connectivity index (χ3n) is 2.73. The van der Waals surface area contributed by atoms with Crippen LogP contribution in [0.2, 0.25) is 0 Å². The molecule has 0 aromatic carbocycles. The number of aromatic nitrogens is 2. The molecular formula is C12H11IN2O3S. The Labute approximate surface area is 127 Å². The second kappa shape index (κ2) is 5.41. The SMILES string of the molecule is Cc1ncn(Cc2cc(C(=O)O)sc2C)c(=O)c1I. The summed E-state index contributed by atoms with van der Waals surface area (Å²) >= 11 is 3.19. The first kappa shape index (κ1) is 14.2. The summed E-state index contributed by atoms with van der Waals surface area (Å²) in [5.74, 6) is -0.941. The van der Waals surface area contributed by atoms with Gasteiger partial charge in [0.25, 0.3) is 5.56 Å². The van der Waals surface area contributed by atoms with E-state index in [9.17, 15) is 9.59 Å². The smallest absolute Gasteiger partial charge is 0.345 e. The van der Waals surface area contributed by atoms with Gasteiger partial charge in [0, 0.05) is 4.88 Å². The lowest BCUT2D eigenvalue weighted by atomic mass is 10.2. The number of halogens is 1. The van der Waals surface area contributed by atoms with Crippen LogP contribution in [0.25, 0.3) is 0 Å². The number of carboxylic acids is 1. The topological polar surface area (TPSA) is 72.2 Å². The molecule has 7 heteroatoms. The minimum absolute atomic E-state index is 0.101. The quantitative estimate of drug-likeness (QED) is 0.817. The summed E-state index contributed by atoms with van der Waals surface area (Å²) in [7, 11) is 0. The van der Waals surface area contributed by atoms with Gasteiger partial charge in [-0.15, -0.1) is 11.3 Å². The maximum atomic E-state index is 12.0. The van der Waals surface area contributed by atoms with Gasteiger partial charge in [-0.05, 0) is 48.1 Å². The normalized spacial score (nSPS) is 10.7.